The Hall–Kier alpha value is -14.6. The van der Waals surface area contributed by atoms with Crippen LogP contribution in [0.2, 0.25) is 0 Å². The van der Waals surface area contributed by atoms with Crippen molar-refractivity contribution in [2.75, 3.05) is 0 Å². The summed E-state index contributed by atoms with van der Waals surface area (Å²) >= 11 is 0. The normalized spacial score (nSPS) is 18.9. The molecule has 3 heterocycles. The summed E-state index contributed by atoms with van der Waals surface area (Å²) in [7, 11) is -13.8. The molecule has 17 aromatic carbocycles. The molecule has 0 amide bonds. The molecule has 20 rings (SSSR count). The van der Waals surface area contributed by atoms with Crippen LogP contribution in [-0.2, 0) is 0 Å². The fraction of sp³-hybridized carbons (Fsp3) is 0.00917. The highest BCUT2D eigenvalue weighted by molar-refractivity contribution is 7.20. The molecule has 20 aromatic rings. The molecule has 0 N–H and O–H groups in total. The molecule has 548 valence electrons. The van der Waals surface area contributed by atoms with Crippen LogP contribution >= 0.6 is 0 Å². The van der Waals surface area contributed by atoms with E-state index in [-0.39, 0.29) is 34.1 Å². The molecule has 0 aliphatic carbocycles. The minimum atomic E-state index is -7.00. The van der Waals surface area contributed by atoms with E-state index in [1.54, 1.807) is 30.3 Å². The second kappa shape index (κ2) is 30.5. The summed E-state index contributed by atoms with van der Waals surface area (Å²) in [5, 5.41) is -9.79. The van der Waals surface area contributed by atoms with Gasteiger partial charge in [-0.25, -0.2) is 4.98 Å². The van der Waals surface area contributed by atoms with Crippen LogP contribution in [0, 0.1) is 13.2 Å². The Kier molecular flexibility index (Phi) is 8.34. The monoisotopic (exact) mass is 1570 g/mol. The van der Waals surface area contributed by atoms with E-state index in [4.69, 9.17) is 37.1 Å². The number of fused-ring (bicyclic) bond motifs is 4. The Morgan fingerprint density at radius 1 is 0.328 bits per heavy atom. The zero-order valence-electron chi connectivity index (χ0n) is 118. The third-order valence-corrected chi connectivity index (χ3v) is 27.1. The van der Waals surface area contributed by atoms with Crippen LogP contribution in [0.3, 0.4) is 0 Å². The quantitative estimate of drug-likeness (QED) is 0.0350. The number of ether oxygens (including phenoxy) is 1. The van der Waals surface area contributed by atoms with Gasteiger partial charge in [0.15, 0.2) is 16.1 Å². The van der Waals surface area contributed by atoms with Crippen molar-refractivity contribution in [2.45, 2.75) is 6.85 Å². The zero-order chi connectivity index (χ0) is 129. The van der Waals surface area contributed by atoms with Crippen molar-refractivity contribution >= 4 is 90.5 Å². The Morgan fingerprint density at radius 2 is 0.776 bits per heavy atom. The molecule has 0 fully saturated rings. The third kappa shape index (κ3) is 12.7. The van der Waals surface area contributed by atoms with Gasteiger partial charge in [-0.3, -0.25) is 13.7 Å². The maximum absolute atomic E-state index is 11.5. The van der Waals surface area contributed by atoms with E-state index in [2.05, 4.69) is 6.33 Å². The van der Waals surface area contributed by atoms with E-state index in [9.17, 15) is 53.5 Å². The zero-order valence-corrected chi connectivity index (χ0v) is 61.2. The van der Waals surface area contributed by atoms with E-state index < -0.39 is 486 Å². The summed E-state index contributed by atoms with van der Waals surface area (Å²) in [4.78, 5) is 4.69. The minimum Gasteiger partial charge on any atom is -0.458 e. The number of aromatic nitrogens is 4. The molecule has 3 aromatic heterocycles. The summed E-state index contributed by atoms with van der Waals surface area (Å²) in [5.74, 6) is -0.495. The minimum absolute atomic E-state index is 0.109. The van der Waals surface area contributed by atoms with Crippen LogP contribution in [0.25, 0.3) is 117 Å². The predicted octanol–water partition coefficient (Wildman–Crippen LogP) is 21.1. The summed E-state index contributed by atoms with van der Waals surface area (Å²) in [6, 6.07) is -49.1. The molecule has 0 radical (unpaired) electrons. The number of pyridine rings is 1. The van der Waals surface area contributed by atoms with Gasteiger partial charge >= 0.3 is 0 Å². The number of benzene rings is 17. The summed E-state index contributed by atoms with van der Waals surface area (Å²) < 4.78 is 578. The lowest BCUT2D eigenvalue weighted by Gasteiger charge is -2.34. The van der Waals surface area contributed by atoms with Gasteiger partial charge in [0, 0.05) is 32.7 Å². The molecule has 7 heteroatoms. The first-order chi connectivity index (χ1) is 81.9. The number of imidazole rings is 1. The Bertz CT molecular complexity index is 10100. The number of hydrogen-bond acceptors (Lipinski definition) is 2. The first-order valence-electron chi connectivity index (χ1n) is 64.4. The molecule has 116 heavy (non-hydrogen) atoms. The van der Waals surface area contributed by atoms with Crippen molar-refractivity contribution < 1.29 is 90.2 Å². The summed E-state index contributed by atoms with van der Waals surface area (Å²) in [6.45, 7) is -3.12. The number of nitrogens with zero attached hydrogens (tertiary/aromatic N) is 4. The fourth-order valence-corrected chi connectivity index (χ4v) is 21.2. The van der Waals surface area contributed by atoms with Gasteiger partial charge in [-0.2, -0.15) is 0 Å². The third-order valence-electron chi connectivity index (χ3n) is 19.1. The number of hydrogen-bond donors (Lipinski definition) is 0. The molecule has 0 atom stereocenters. The van der Waals surface area contributed by atoms with E-state index >= 15 is 0 Å². The predicted molar refractivity (Wildman–Crippen MR) is 487 cm³/mol. The van der Waals surface area contributed by atoms with E-state index in [0.29, 0.717) is 16.3 Å². The van der Waals surface area contributed by atoms with Crippen LogP contribution in [-0.4, -0.2) is 30.3 Å². The molecule has 0 aliphatic heterocycles. The molecule has 0 unspecified atom stereocenters. The Labute approximate surface area is 761 Å². The maximum atomic E-state index is 11.5. The molecule has 0 saturated heterocycles. The van der Waals surface area contributed by atoms with E-state index in [1.165, 1.54) is 41.0 Å². The highest BCUT2D eigenvalue weighted by Gasteiger charge is 2.43. The van der Waals surface area contributed by atoms with Crippen molar-refractivity contribution in [3.8, 4) is 95.5 Å². The molecular weight excluding hydrogens is 1440 g/mol. The standard InChI is InChI=1S/C109H78N4OSi2/c1-78-67-108(110-76-103(78)81-39-15-4-16-40-81)113-104-62-30-29-59-101(104)102-65-64-90(75-106(102)113)114-89-44-33-43-88(74-89)111-77-112(105-66-63-83(73-107(105)111)82-41-31-57-97(71-82)115(91-45-17-5-18-46-91,92-47-19-6-20-48-92)93-49-21-7-22-50-93)109-99(60-34-61-100(109)87-69-85(79-35-11-2-12-36-79)68-86(70-87)80-37-13-3-14-38-80)84-42-32-58-98(72-84)116(94-51-23-8-24-52-94,95-53-25-9-26-54-95)96-55-27-10-28-56-96/h2-76H,1H3/i1D3,2D,3D,4D,5D,6D,7D,8D,9D,10D,11D,12D,13D,14D,15D,16D,17D,18D,19D,20D,21D,22D,23D,24D,25D,26D,27D,28D,31D,32D,35D,36D,37D,38D,39D,40D,41D,42D,45D,46D,47D,48D,49D,50D,51D,52D,53D,54D,55D,56D,57D,58D,68D,69D,70D,71D,72D. The van der Waals surface area contributed by atoms with E-state index in [1.807, 2.05) is 0 Å². The van der Waals surface area contributed by atoms with Crippen molar-refractivity contribution in [2.24, 2.45) is 0 Å². The smallest absolute Gasteiger partial charge is 0.269 e. The van der Waals surface area contributed by atoms with Crippen molar-refractivity contribution in [1.29, 1.82) is 0 Å². The molecule has 0 aliphatic rings. The van der Waals surface area contributed by atoms with Gasteiger partial charge in [0.25, 0.3) is 6.33 Å². The van der Waals surface area contributed by atoms with Crippen LogP contribution in [0.4, 0.5) is 0 Å². The number of para-hydroxylation sites is 2. The Morgan fingerprint density at radius 3 is 1.32 bits per heavy atom. The van der Waals surface area contributed by atoms with Crippen LogP contribution in [0.15, 0.2) is 454 Å². The van der Waals surface area contributed by atoms with Gasteiger partial charge in [0.1, 0.15) is 17.3 Å². The highest BCUT2D eigenvalue weighted by Crippen LogP contribution is 2.41. The lowest BCUT2D eigenvalue weighted by molar-refractivity contribution is -0.571. The average molecular weight is 1580 g/mol. The van der Waals surface area contributed by atoms with Gasteiger partial charge in [-0.05, 0) is 182 Å². The molecular formula is C109H78N4OSi2. The average Bonchev–Trinajstić information content (AvgIpc) is 1.33. The van der Waals surface area contributed by atoms with Crippen molar-refractivity contribution in [3.63, 3.8) is 0 Å². The van der Waals surface area contributed by atoms with E-state index in [0.717, 1.165) is 57.8 Å². The second-order valence-corrected chi connectivity index (χ2v) is 32.4. The van der Waals surface area contributed by atoms with Gasteiger partial charge < -0.3 is 4.74 Å². The molecule has 0 saturated carbocycles. The van der Waals surface area contributed by atoms with Crippen LogP contribution in [0.5, 0.6) is 11.5 Å². The van der Waals surface area contributed by atoms with Crippen molar-refractivity contribution in [1.82, 2.24) is 14.1 Å². The first-order valence-corrected chi connectivity index (χ1v) is 38.9. The number of aryl methyl sites for hydroxylation is 1. The topological polar surface area (TPSA) is 35.9 Å². The first kappa shape index (κ1) is 31.8. The summed E-state index contributed by atoms with van der Waals surface area (Å²) in [6.07, 6.45) is 4.19. The lowest BCUT2D eigenvalue weighted by atomic mass is 9.90. The largest absolute Gasteiger partial charge is 0.458 e. The van der Waals surface area contributed by atoms with Crippen molar-refractivity contribution in [3.05, 3.63) is 466 Å². The molecule has 0 bridgehead atoms. The molecule has 5 nitrogen and oxygen atoms in total. The highest BCUT2D eigenvalue weighted by atomic mass is 28.3. The number of rotatable bonds is 19. The SMILES string of the molecule is [2H]c1c([2H])c([2H])c(-c2cnc(-n3c4ccccc4c4ccc(Oc5cccc(-n6[c-][n+](-c7c(-c8c([2H])c(-c9c([2H])c([2H])c([2H])c([2H])c9[2H])c([2H])c(-c9c([2H])c([2H])c([2H])c([2H])c9[2H])c8[2H])cccc7-c7c([2H])c([2H])c([2H])c([Si](c8c([2H])c([2H])c([2H])c([2H])c8[2H])(c8c([2H])c([2H])c([2H])c([2H])c8[2H])c8c([2H])c([2H])c([2H])c([2H])c8[2H])c7[2H])c7ccc(-c8c([2H])c([2H])c([2H])c([Si](c9c([2H])c([2H])c([2H])c([2H])c9[2H])(c9c([2H])c([2H])c([2H])c([2H])c9[2H])c9c([2H])c([2H])c([2H])c([2H])c9[2H])c8[2H])cc76)c5)cc43)cc2C([2H])([2H])[2H])c([2H])c1[2H]. The second-order valence-electron chi connectivity index (χ2n) is 25.4. The molecule has 0 spiro atoms. The lowest BCUT2D eigenvalue weighted by Crippen LogP contribution is -2.74. The fourth-order valence-electron chi connectivity index (χ4n) is 14.1. The van der Waals surface area contributed by atoms with Gasteiger partial charge in [0.05, 0.1) is 110 Å². The Balaban J connectivity index is 0.993. The van der Waals surface area contributed by atoms with Gasteiger partial charge in [0.2, 0.25) is 0 Å². The van der Waals surface area contributed by atoms with Crippen LogP contribution in [0.1, 0.15) is 86.4 Å². The maximum Gasteiger partial charge on any atom is 0.269 e. The van der Waals surface area contributed by atoms with Crippen LogP contribution < -0.4 is 50.8 Å². The summed E-state index contributed by atoms with van der Waals surface area (Å²) in [5.41, 5.74) is -13.5. The van der Waals surface area contributed by atoms with Gasteiger partial charge in [-0.1, -0.05) is 375 Å². The van der Waals surface area contributed by atoms with Gasteiger partial charge in [-0.15, -0.1) is 0 Å².